The average molecular weight is 269 g/mol. The molecule has 19 heavy (non-hydrogen) atoms. The standard InChI is InChI=1S/C14H23NO4/c1-18-13(16)8-15(9-14(17)19-2)7-12-6-10-3-4-11(12)5-10/h10-12H,3-9H2,1-2H3. The van der Waals surface area contributed by atoms with Crippen LogP contribution in [-0.4, -0.2) is 50.7 Å². The van der Waals surface area contributed by atoms with Crippen molar-refractivity contribution in [1.29, 1.82) is 0 Å². The van der Waals surface area contributed by atoms with Crippen LogP contribution in [0.4, 0.5) is 0 Å². The zero-order valence-corrected chi connectivity index (χ0v) is 11.8. The number of hydrogen-bond acceptors (Lipinski definition) is 5. The molecule has 0 heterocycles. The third-order valence-corrected chi connectivity index (χ3v) is 4.54. The molecule has 2 saturated carbocycles. The SMILES string of the molecule is COC(=O)CN(CC(=O)OC)CC1CC2CCC1C2. The quantitative estimate of drug-likeness (QED) is 0.675. The fourth-order valence-electron chi connectivity index (χ4n) is 3.61. The van der Waals surface area contributed by atoms with Crippen LogP contribution in [0.25, 0.3) is 0 Å². The Morgan fingerprint density at radius 1 is 1.05 bits per heavy atom. The first-order valence-electron chi connectivity index (χ1n) is 6.98. The summed E-state index contributed by atoms with van der Waals surface area (Å²) in [5.41, 5.74) is 0. The van der Waals surface area contributed by atoms with Crippen LogP contribution in [0.2, 0.25) is 0 Å². The lowest BCUT2D eigenvalue weighted by atomic mass is 9.88. The van der Waals surface area contributed by atoms with Gasteiger partial charge in [0, 0.05) is 6.54 Å². The van der Waals surface area contributed by atoms with Crippen LogP contribution < -0.4 is 0 Å². The molecule has 0 aromatic carbocycles. The summed E-state index contributed by atoms with van der Waals surface area (Å²) in [6, 6.07) is 0. The Kier molecular flexibility index (Phi) is 4.80. The Balaban J connectivity index is 1.89. The third kappa shape index (κ3) is 3.69. The normalized spacial score (nSPS) is 28.7. The minimum Gasteiger partial charge on any atom is -0.468 e. The number of carbonyl (C=O) groups is 2. The predicted molar refractivity (Wildman–Crippen MR) is 69.4 cm³/mol. The van der Waals surface area contributed by atoms with E-state index in [2.05, 4.69) is 9.47 Å². The van der Waals surface area contributed by atoms with Gasteiger partial charge in [-0.25, -0.2) is 0 Å². The molecule has 2 bridgehead atoms. The molecule has 0 saturated heterocycles. The topological polar surface area (TPSA) is 55.8 Å². The molecular formula is C14H23NO4. The van der Waals surface area contributed by atoms with Gasteiger partial charge in [-0.15, -0.1) is 0 Å². The highest BCUT2D eigenvalue weighted by atomic mass is 16.5. The highest BCUT2D eigenvalue weighted by molar-refractivity contribution is 5.74. The van der Waals surface area contributed by atoms with Crippen molar-refractivity contribution in [3.05, 3.63) is 0 Å². The van der Waals surface area contributed by atoms with Crippen LogP contribution in [0, 0.1) is 17.8 Å². The molecule has 0 aromatic rings. The lowest BCUT2D eigenvalue weighted by Crippen LogP contribution is -2.39. The molecule has 2 aliphatic carbocycles. The number of hydrogen-bond donors (Lipinski definition) is 0. The fourth-order valence-corrected chi connectivity index (χ4v) is 3.61. The molecule has 0 radical (unpaired) electrons. The van der Waals surface area contributed by atoms with Gasteiger partial charge in [-0.3, -0.25) is 14.5 Å². The molecule has 2 rings (SSSR count). The summed E-state index contributed by atoms with van der Waals surface area (Å²) in [7, 11) is 2.74. The molecule has 3 unspecified atom stereocenters. The van der Waals surface area contributed by atoms with E-state index in [9.17, 15) is 9.59 Å². The first kappa shape index (κ1) is 14.3. The number of esters is 2. The van der Waals surface area contributed by atoms with Crippen LogP contribution in [-0.2, 0) is 19.1 Å². The second-order valence-electron chi connectivity index (χ2n) is 5.76. The molecule has 0 spiro atoms. The number of nitrogens with zero attached hydrogens (tertiary/aromatic N) is 1. The lowest BCUT2D eigenvalue weighted by molar-refractivity contribution is -0.145. The van der Waals surface area contributed by atoms with Crippen molar-refractivity contribution in [2.24, 2.45) is 17.8 Å². The van der Waals surface area contributed by atoms with Crippen molar-refractivity contribution in [3.63, 3.8) is 0 Å². The van der Waals surface area contributed by atoms with Crippen LogP contribution in [0.5, 0.6) is 0 Å². The molecule has 2 aliphatic rings. The van der Waals surface area contributed by atoms with Gasteiger partial charge in [0.1, 0.15) is 0 Å². The van der Waals surface area contributed by atoms with Crippen molar-refractivity contribution in [2.75, 3.05) is 33.9 Å². The second kappa shape index (κ2) is 6.37. The van der Waals surface area contributed by atoms with E-state index in [0.717, 1.165) is 18.4 Å². The largest absolute Gasteiger partial charge is 0.468 e. The second-order valence-corrected chi connectivity index (χ2v) is 5.76. The molecule has 3 atom stereocenters. The van der Waals surface area contributed by atoms with Crippen molar-refractivity contribution in [3.8, 4) is 0 Å². The Bertz CT molecular complexity index is 326. The Morgan fingerprint density at radius 2 is 1.68 bits per heavy atom. The molecule has 0 amide bonds. The summed E-state index contributed by atoms with van der Waals surface area (Å²) in [6.07, 6.45) is 5.23. The molecule has 108 valence electrons. The minimum absolute atomic E-state index is 0.166. The molecule has 5 nitrogen and oxygen atoms in total. The first-order valence-corrected chi connectivity index (χ1v) is 6.98. The maximum absolute atomic E-state index is 11.4. The Labute approximate surface area is 114 Å². The van der Waals surface area contributed by atoms with E-state index >= 15 is 0 Å². The molecule has 0 aliphatic heterocycles. The van der Waals surface area contributed by atoms with Crippen LogP contribution in [0.15, 0.2) is 0 Å². The summed E-state index contributed by atoms with van der Waals surface area (Å²) in [6.45, 7) is 1.13. The maximum Gasteiger partial charge on any atom is 0.319 e. The molecule has 0 aromatic heterocycles. The van der Waals surface area contributed by atoms with Crippen LogP contribution in [0.1, 0.15) is 25.7 Å². The van der Waals surface area contributed by atoms with E-state index in [1.54, 1.807) is 0 Å². The number of methoxy groups -OCH3 is 2. The first-order chi connectivity index (χ1) is 9.12. The smallest absolute Gasteiger partial charge is 0.319 e. The Morgan fingerprint density at radius 3 is 2.11 bits per heavy atom. The van der Waals surface area contributed by atoms with E-state index in [4.69, 9.17) is 0 Å². The van der Waals surface area contributed by atoms with Gasteiger partial charge < -0.3 is 9.47 Å². The monoisotopic (exact) mass is 269 g/mol. The fraction of sp³-hybridized carbons (Fsp3) is 0.857. The molecule has 2 fully saturated rings. The summed E-state index contributed by atoms with van der Waals surface area (Å²) in [5, 5.41) is 0. The molecule has 0 N–H and O–H groups in total. The van der Waals surface area contributed by atoms with Gasteiger partial charge in [0.05, 0.1) is 27.3 Å². The van der Waals surface area contributed by atoms with Gasteiger partial charge in [0.15, 0.2) is 0 Å². The van der Waals surface area contributed by atoms with Crippen molar-refractivity contribution < 1.29 is 19.1 Å². The number of rotatable bonds is 6. The maximum atomic E-state index is 11.4. The van der Waals surface area contributed by atoms with E-state index in [-0.39, 0.29) is 25.0 Å². The average Bonchev–Trinajstić information content (AvgIpc) is 3.00. The lowest BCUT2D eigenvalue weighted by Gasteiger charge is -2.28. The highest BCUT2D eigenvalue weighted by Gasteiger charge is 2.40. The zero-order chi connectivity index (χ0) is 13.8. The van der Waals surface area contributed by atoms with Gasteiger partial charge in [-0.2, -0.15) is 0 Å². The summed E-state index contributed by atoms with van der Waals surface area (Å²) in [5.74, 6) is 1.67. The zero-order valence-electron chi connectivity index (χ0n) is 11.8. The minimum atomic E-state index is -0.299. The van der Waals surface area contributed by atoms with E-state index in [1.807, 2.05) is 4.90 Å². The van der Waals surface area contributed by atoms with E-state index in [1.165, 1.54) is 39.9 Å². The van der Waals surface area contributed by atoms with Gasteiger partial charge in [0.25, 0.3) is 0 Å². The predicted octanol–water partition coefficient (Wildman–Crippen LogP) is 1.07. The third-order valence-electron chi connectivity index (χ3n) is 4.54. The number of carbonyl (C=O) groups excluding carboxylic acids is 2. The van der Waals surface area contributed by atoms with E-state index < -0.39 is 0 Å². The van der Waals surface area contributed by atoms with Crippen LogP contribution >= 0.6 is 0 Å². The van der Waals surface area contributed by atoms with Crippen LogP contribution in [0.3, 0.4) is 0 Å². The van der Waals surface area contributed by atoms with Gasteiger partial charge in [0.2, 0.25) is 0 Å². The van der Waals surface area contributed by atoms with Crippen molar-refractivity contribution in [2.45, 2.75) is 25.7 Å². The van der Waals surface area contributed by atoms with Crippen molar-refractivity contribution >= 4 is 11.9 Å². The van der Waals surface area contributed by atoms with E-state index in [0.29, 0.717) is 5.92 Å². The highest BCUT2D eigenvalue weighted by Crippen LogP contribution is 2.48. The van der Waals surface area contributed by atoms with Crippen molar-refractivity contribution in [1.82, 2.24) is 4.90 Å². The summed E-state index contributed by atoms with van der Waals surface area (Å²) >= 11 is 0. The summed E-state index contributed by atoms with van der Waals surface area (Å²) in [4.78, 5) is 24.7. The number of fused-ring (bicyclic) bond motifs is 2. The number of ether oxygens (including phenoxy) is 2. The van der Waals surface area contributed by atoms with Gasteiger partial charge in [-0.1, -0.05) is 6.42 Å². The van der Waals surface area contributed by atoms with Gasteiger partial charge in [-0.05, 0) is 37.0 Å². The molecule has 5 heteroatoms. The molecular weight excluding hydrogens is 246 g/mol. The van der Waals surface area contributed by atoms with Gasteiger partial charge >= 0.3 is 11.9 Å². The Hall–Kier alpha value is -1.10. The summed E-state index contributed by atoms with van der Waals surface area (Å²) < 4.78 is 9.38.